The van der Waals surface area contributed by atoms with E-state index in [4.69, 9.17) is 27.9 Å². The Kier molecular flexibility index (Phi) is 5.37. The summed E-state index contributed by atoms with van der Waals surface area (Å²) in [6.45, 7) is 1.70. The lowest BCUT2D eigenvalue weighted by Gasteiger charge is -2.18. The fraction of sp³-hybridized carbons (Fsp3) is 0.0833. The van der Waals surface area contributed by atoms with Gasteiger partial charge in [0.25, 0.3) is 5.91 Å². The molecule has 0 saturated carbocycles. The normalized spacial score (nSPS) is 15.4. The van der Waals surface area contributed by atoms with Crippen LogP contribution in [0.1, 0.15) is 12.5 Å². The Morgan fingerprint density at radius 3 is 2.37 bits per heavy atom. The summed E-state index contributed by atoms with van der Waals surface area (Å²) in [6.07, 6.45) is 1.73. The summed E-state index contributed by atoms with van der Waals surface area (Å²) < 4.78 is 4.97. The Hall–Kier alpha value is -3.08. The van der Waals surface area contributed by atoms with Crippen molar-refractivity contribution >= 4 is 57.6 Å². The molecule has 3 aromatic carbocycles. The van der Waals surface area contributed by atoms with Gasteiger partial charge in [-0.15, -0.1) is 0 Å². The number of methoxy groups -OCH3 is 1. The van der Waals surface area contributed by atoms with Gasteiger partial charge in [0, 0.05) is 15.7 Å². The quantitative estimate of drug-likeness (QED) is 0.371. The second-order valence-electron chi connectivity index (χ2n) is 6.85. The van der Waals surface area contributed by atoms with Crippen molar-refractivity contribution in [1.82, 2.24) is 0 Å². The maximum Gasteiger partial charge on any atom is 0.340 e. The molecule has 1 aliphatic heterocycles. The van der Waals surface area contributed by atoms with Crippen molar-refractivity contribution in [2.45, 2.75) is 6.92 Å². The third-order valence-electron chi connectivity index (χ3n) is 5.02. The largest absolute Gasteiger partial charge is 0.465 e. The highest BCUT2D eigenvalue weighted by atomic mass is 35.5. The number of allylic oxidation sites excluding steroid dienone is 1. The van der Waals surface area contributed by atoms with Crippen molar-refractivity contribution < 1.29 is 14.3 Å². The van der Waals surface area contributed by atoms with Crippen LogP contribution in [0.4, 0.5) is 5.69 Å². The molecule has 6 heteroatoms. The van der Waals surface area contributed by atoms with Gasteiger partial charge in [-0.3, -0.25) is 9.69 Å². The summed E-state index contributed by atoms with van der Waals surface area (Å²) in [5.41, 5.74) is 2.24. The molecule has 3 aromatic rings. The summed E-state index contributed by atoms with van der Waals surface area (Å²) in [4.78, 5) is 27.5. The zero-order chi connectivity index (χ0) is 21.4. The first-order valence-corrected chi connectivity index (χ1v) is 9.96. The van der Waals surface area contributed by atoms with E-state index in [1.807, 2.05) is 42.5 Å². The Labute approximate surface area is 184 Å². The van der Waals surface area contributed by atoms with Gasteiger partial charge in [0.1, 0.15) is 0 Å². The maximum atomic E-state index is 13.4. The number of carbonyl (C=O) groups is 2. The number of ether oxygens (including phenoxy) is 1. The molecule has 0 fully saturated rings. The third-order valence-corrected chi connectivity index (χ3v) is 5.45. The van der Waals surface area contributed by atoms with E-state index in [0.29, 0.717) is 21.4 Å². The van der Waals surface area contributed by atoms with Crippen molar-refractivity contribution in [2.75, 3.05) is 12.0 Å². The van der Waals surface area contributed by atoms with Gasteiger partial charge in [-0.2, -0.15) is 0 Å². The molecule has 0 spiro atoms. The number of benzene rings is 3. The van der Waals surface area contributed by atoms with E-state index in [1.165, 1.54) is 12.0 Å². The van der Waals surface area contributed by atoms with Gasteiger partial charge < -0.3 is 4.74 Å². The first-order chi connectivity index (χ1) is 14.4. The Morgan fingerprint density at radius 2 is 1.67 bits per heavy atom. The molecule has 1 aliphatic rings. The Morgan fingerprint density at radius 1 is 1.00 bits per heavy atom. The molecule has 0 N–H and O–H groups in total. The molecule has 0 saturated heterocycles. The van der Waals surface area contributed by atoms with Gasteiger partial charge in [0.15, 0.2) is 0 Å². The van der Waals surface area contributed by atoms with Crippen molar-refractivity contribution in [1.29, 1.82) is 0 Å². The predicted octanol–water partition coefficient (Wildman–Crippen LogP) is 6.02. The highest BCUT2D eigenvalue weighted by Crippen LogP contribution is 2.38. The minimum atomic E-state index is -0.581. The molecule has 4 nitrogen and oxygen atoms in total. The molecule has 0 aliphatic carbocycles. The molecule has 0 aromatic heterocycles. The van der Waals surface area contributed by atoms with Crippen LogP contribution in [0.2, 0.25) is 10.0 Å². The Bertz CT molecular complexity index is 1230. The molecule has 0 bridgehead atoms. The number of anilines is 1. The lowest BCUT2D eigenvalue weighted by atomic mass is 9.99. The number of hydrogen-bond donors (Lipinski definition) is 0. The lowest BCUT2D eigenvalue weighted by Crippen LogP contribution is -2.24. The number of fused-ring (bicyclic) bond motifs is 1. The van der Waals surface area contributed by atoms with Crippen LogP contribution >= 0.6 is 23.2 Å². The average molecular weight is 438 g/mol. The van der Waals surface area contributed by atoms with E-state index in [0.717, 1.165) is 16.3 Å². The summed E-state index contributed by atoms with van der Waals surface area (Å²) in [6, 6.07) is 18.5. The van der Waals surface area contributed by atoms with Crippen LogP contribution in [0.15, 0.2) is 77.5 Å². The van der Waals surface area contributed by atoms with Crippen molar-refractivity contribution in [3.05, 3.63) is 93.1 Å². The molecule has 0 unspecified atom stereocenters. The number of esters is 1. The van der Waals surface area contributed by atoms with Gasteiger partial charge in [0.05, 0.1) is 23.9 Å². The van der Waals surface area contributed by atoms with Gasteiger partial charge in [-0.25, -0.2) is 4.79 Å². The Balaban J connectivity index is 1.92. The van der Waals surface area contributed by atoms with E-state index < -0.39 is 5.97 Å². The topological polar surface area (TPSA) is 46.6 Å². The van der Waals surface area contributed by atoms with Crippen LogP contribution in [-0.2, 0) is 14.3 Å². The first kappa shape index (κ1) is 20.2. The monoisotopic (exact) mass is 437 g/mol. The molecule has 1 amide bonds. The lowest BCUT2D eigenvalue weighted by molar-refractivity contribution is -0.136. The standard InChI is InChI=1S/C24H17Cl2NO3/c1-14-22(24(29)30-2)21(10-16-8-5-7-15-6-3-4-9-20(15)16)23(28)27(14)19-12-17(25)11-18(26)13-19/h3-13H,1-2H3/b21-10-. The second kappa shape index (κ2) is 7.98. The fourth-order valence-corrected chi connectivity index (χ4v) is 4.21. The SMILES string of the molecule is COC(=O)C1=C(C)N(c2cc(Cl)cc(Cl)c2)C(=O)/C1=C\c1cccc2ccccc12. The van der Waals surface area contributed by atoms with Crippen LogP contribution in [0.5, 0.6) is 0 Å². The van der Waals surface area contributed by atoms with Crippen LogP contribution in [0, 0.1) is 0 Å². The number of rotatable bonds is 3. The van der Waals surface area contributed by atoms with Crippen LogP contribution in [-0.4, -0.2) is 19.0 Å². The molecular formula is C24H17Cl2NO3. The number of halogens is 2. The number of carbonyl (C=O) groups excluding carboxylic acids is 2. The highest BCUT2D eigenvalue weighted by Gasteiger charge is 2.38. The van der Waals surface area contributed by atoms with Gasteiger partial charge in [0.2, 0.25) is 0 Å². The third kappa shape index (κ3) is 3.49. The molecular weight excluding hydrogens is 421 g/mol. The van der Waals surface area contributed by atoms with E-state index in [9.17, 15) is 9.59 Å². The molecule has 0 radical (unpaired) electrons. The number of hydrogen-bond acceptors (Lipinski definition) is 3. The van der Waals surface area contributed by atoms with E-state index >= 15 is 0 Å². The summed E-state index contributed by atoms with van der Waals surface area (Å²) >= 11 is 12.3. The zero-order valence-electron chi connectivity index (χ0n) is 16.3. The molecule has 4 rings (SSSR count). The molecule has 0 atom stereocenters. The number of nitrogens with zero attached hydrogens (tertiary/aromatic N) is 1. The van der Waals surface area contributed by atoms with E-state index in [2.05, 4.69) is 0 Å². The van der Waals surface area contributed by atoms with E-state index in [1.54, 1.807) is 31.2 Å². The summed E-state index contributed by atoms with van der Waals surface area (Å²) in [5, 5.41) is 2.80. The predicted molar refractivity (Wildman–Crippen MR) is 121 cm³/mol. The summed E-state index contributed by atoms with van der Waals surface area (Å²) in [5.74, 6) is -0.929. The minimum absolute atomic E-state index is 0.214. The van der Waals surface area contributed by atoms with Crippen molar-refractivity contribution in [3.63, 3.8) is 0 Å². The molecule has 30 heavy (non-hydrogen) atoms. The van der Waals surface area contributed by atoms with Crippen LogP contribution in [0.3, 0.4) is 0 Å². The smallest absolute Gasteiger partial charge is 0.340 e. The first-order valence-electron chi connectivity index (χ1n) is 9.20. The van der Waals surface area contributed by atoms with Crippen LogP contribution in [0.25, 0.3) is 16.8 Å². The maximum absolute atomic E-state index is 13.4. The average Bonchev–Trinajstić information content (AvgIpc) is 2.96. The minimum Gasteiger partial charge on any atom is -0.465 e. The van der Waals surface area contributed by atoms with Crippen LogP contribution < -0.4 is 4.90 Å². The van der Waals surface area contributed by atoms with E-state index in [-0.39, 0.29) is 17.1 Å². The molecule has 1 heterocycles. The molecule has 150 valence electrons. The van der Waals surface area contributed by atoms with Gasteiger partial charge in [-0.1, -0.05) is 65.7 Å². The van der Waals surface area contributed by atoms with Crippen molar-refractivity contribution in [3.8, 4) is 0 Å². The van der Waals surface area contributed by atoms with Crippen molar-refractivity contribution in [2.24, 2.45) is 0 Å². The zero-order valence-corrected chi connectivity index (χ0v) is 17.8. The van der Waals surface area contributed by atoms with Gasteiger partial charge >= 0.3 is 5.97 Å². The fourth-order valence-electron chi connectivity index (χ4n) is 3.69. The number of amides is 1. The van der Waals surface area contributed by atoms with Gasteiger partial charge in [-0.05, 0) is 47.5 Å². The second-order valence-corrected chi connectivity index (χ2v) is 7.72. The highest BCUT2D eigenvalue weighted by molar-refractivity contribution is 6.35. The summed E-state index contributed by atoms with van der Waals surface area (Å²) in [7, 11) is 1.29.